The number of nitrogens with zero attached hydrogens (tertiary/aromatic N) is 1. The molecule has 2 aromatic carbocycles. The molecule has 0 spiro atoms. The summed E-state index contributed by atoms with van der Waals surface area (Å²) in [7, 11) is -3.67. The average molecular weight is 421 g/mol. The first-order valence-electron chi connectivity index (χ1n) is 9.15. The van der Waals surface area contributed by atoms with E-state index < -0.39 is 10.0 Å². The molecule has 1 N–H and O–H groups in total. The maximum Gasteiger partial charge on any atom is 0.308 e. The van der Waals surface area contributed by atoms with Crippen molar-refractivity contribution < 1.29 is 13.2 Å². The number of rotatable bonds is 8. The maximum absolute atomic E-state index is 12.6. The van der Waals surface area contributed by atoms with E-state index in [-0.39, 0.29) is 22.9 Å². The minimum absolute atomic E-state index is 0.0683. The first-order chi connectivity index (χ1) is 13.3. The van der Waals surface area contributed by atoms with E-state index in [9.17, 15) is 13.2 Å². The quantitative estimate of drug-likeness (QED) is 0.566. The summed E-state index contributed by atoms with van der Waals surface area (Å²) in [6, 6.07) is 10.7. The van der Waals surface area contributed by atoms with Crippen LogP contribution in [-0.2, 0) is 16.6 Å². The minimum atomic E-state index is -3.67. The summed E-state index contributed by atoms with van der Waals surface area (Å²) in [6.45, 7) is 6.93. The number of hydrogen-bond donors (Lipinski definition) is 1. The van der Waals surface area contributed by atoms with Crippen LogP contribution in [0.5, 0.6) is 5.75 Å². The van der Waals surface area contributed by atoms with Crippen LogP contribution in [0, 0.1) is 13.8 Å². The zero-order valence-corrected chi connectivity index (χ0v) is 17.8. The van der Waals surface area contributed by atoms with Gasteiger partial charge in [0.05, 0.1) is 15.1 Å². The summed E-state index contributed by atoms with van der Waals surface area (Å²) in [6.07, 6.45) is 0.841. The largest absolute Gasteiger partial charge is 0.492 e. The summed E-state index contributed by atoms with van der Waals surface area (Å²) in [5.41, 5.74) is 2.86. The third-order valence-corrected chi connectivity index (χ3v) is 6.79. The van der Waals surface area contributed by atoms with Gasteiger partial charge in [0, 0.05) is 13.1 Å². The van der Waals surface area contributed by atoms with Gasteiger partial charge in [-0.25, -0.2) is 13.1 Å². The molecule has 0 saturated heterocycles. The number of nitrogens with one attached hydrogen (secondary N) is 1. The van der Waals surface area contributed by atoms with Crippen LogP contribution in [0.3, 0.4) is 0 Å². The van der Waals surface area contributed by atoms with Gasteiger partial charge in [0.15, 0.2) is 0 Å². The molecule has 8 heteroatoms. The van der Waals surface area contributed by atoms with Crippen LogP contribution < -0.4 is 14.3 Å². The van der Waals surface area contributed by atoms with Crippen molar-refractivity contribution in [3.8, 4) is 5.75 Å². The molecule has 0 aliphatic rings. The smallest absolute Gasteiger partial charge is 0.308 e. The Morgan fingerprint density at radius 1 is 1.14 bits per heavy atom. The molecule has 0 saturated carbocycles. The molecule has 0 unspecified atom stereocenters. The lowest BCUT2D eigenvalue weighted by atomic mass is 10.1. The van der Waals surface area contributed by atoms with Crippen molar-refractivity contribution in [2.24, 2.45) is 0 Å². The molecule has 1 heterocycles. The van der Waals surface area contributed by atoms with E-state index in [0.717, 1.165) is 40.2 Å². The van der Waals surface area contributed by atoms with Crippen LogP contribution in [0.1, 0.15) is 24.5 Å². The van der Waals surface area contributed by atoms with E-state index in [2.05, 4.69) is 4.72 Å². The normalized spacial score (nSPS) is 11.8. The molecule has 0 amide bonds. The van der Waals surface area contributed by atoms with Crippen LogP contribution in [0.4, 0.5) is 0 Å². The van der Waals surface area contributed by atoms with Gasteiger partial charge in [0.1, 0.15) is 12.4 Å². The van der Waals surface area contributed by atoms with Gasteiger partial charge < -0.3 is 4.74 Å². The number of sulfonamides is 1. The van der Waals surface area contributed by atoms with Crippen LogP contribution in [-0.4, -0.2) is 26.1 Å². The Hall–Kier alpha value is -2.16. The average Bonchev–Trinajstić information content (AvgIpc) is 2.96. The molecular weight excluding hydrogens is 396 g/mol. The van der Waals surface area contributed by atoms with Gasteiger partial charge in [-0.2, -0.15) is 0 Å². The second-order valence-electron chi connectivity index (χ2n) is 6.66. The highest BCUT2D eigenvalue weighted by atomic mass is 32.2. The fraction of sp³-hybridized carbons (Fsp3) is 0.350. The molecule has 1 aromatic heterocycles. The fourth-order valence-corrected chi connectivity index (χ4v) is 5.00. The minimum Gasteiger partial charge on any atom is -0.492 e. The van der Waals surface area contributed by atoms with Crippen molar-refractivity contribution in [3.63, 3.8) is 0 Å². The van der Waals surface area contributed by atoms with E-state index in [1.165, 1.54) is 6.07 Å². The summed E-state index contributed by atoms with van der Waals surface area (Å²) in [4.78, 5) is 12.2. The molecule has 0 atom stereocenters. The van der Waals surface area contributed by atoms with Crippen molar-refractivity contribution >= 4 is 31.6 Å². The molecule has 0 radical (unpaired) electrons. The van der Waals surface area contributed by atoms with Gasteiger partial charge in [-0.05, 0) is 55.7 Å². The number of thiazole rings is 1. The lowest BCUT2D eigenvalue weighted by Gasteiger charge is -2.11. The second-order valence-corrected chi connectivity index (χ2v) is 9.42. The standard InChI is InChI=1S/C20H24N2O4S2/c1-4-10-22-17-8-7-16(13-19(17)27-20(22)23)28(24,25)21-9-11-26-18-12-14(2)5-6-15(18)3/h5-8,12-13,21H,4,9-11H2,1-3H3. The maximum atomic E-state index is 12.6. The van der Waals surface area contributed by atoms with Gasteiger partial charge >= 0.3 is 4.87 Å². The SMILES string of the molecule is CCCn1c(=O)sc2cc(S(=O)(=O)NCCOc3cc(C)ccc3C)ccc21. The molecule has 0 bridgehead atoms. The predicted molar refractivity (Wildman–Crippen MR) is 113 cm³/mol. The van der Waals surface area contributed by atoms with Gasteiger partial charge in [-0.15, -0.1) is 0 Å². The van der Waals surface area contributed by atoms with Crippen LogP contribution in [0.15, 0.2) is 46.1 Å². The second kappa shape index (κ2) is 8.46. The monoisotopic (exact) mass is 420 g/mol. The van der Waals surface area contributed by atoms with Gasteiger partial charge in [0.25, 0.3) is 0 Å². The van der Waals surface area contributed by atoms with Crippen molar-refractivity contribution in [3.05, 3.63) is 57.2 Å². The van der Waals surface area contributed by atoms with Gasteiger partial charge in [-0.3, -0.25) is 9.36 Å². The number of ether oxygens (including phenoxy) is 1. The molecule has 3 aromatic rings. The Kier molecular flexibility index (Phi) is 6.22. The van der Waals surface area contributed by atoms with Crippen LogP contribution in [0.2, 0.25) is 0 Å². The van der Waals surface area contributed by atoms with Gasteiger partial charge in [0.2, 0.25) is 10.0 Å². The Labute approximate surface area is 168 Å². The molecular formula is C20H24N2O4S2. The van der Waals surface area contributed by atoms with Crippen molar-refractivity contribution in [2.45, 2.75) is 38.6 Å². The number of fused-ring (bicyclic) bond motifs is 1. The summed E-state index contributed by atoms with van der Waals surface area (Å²) < 4.78 is 35.8. The van der Waals surface area contributed by atoms with Crippen molar-refractivity contribution in [1.82, 2.24) is 9.29 Å². The van der Waals surface area contributed by atoms with E-state index >= 15 is 0 Å². The lowest BCUT2D eigenvalue weighted by Crippen LogP contribution is -2.28. The van der Waals surface area contributed by atoms with Gasteiger partial charge in [-0.1, -0.05) is 30.4 Å². The predicted octanol–water partition coefficient (Wildman–Crippen LogP) is 3.45. The lowest BCUT2D eigenvalue weighted by molar-refractivity contribution is 0.320. The highest BCUT2D eigenvalue weighted by molar-refractivity contribution is 7.89. The highest BCUT2D eigenvalue weighted by Crippen LogP contribution is 2.22. The Morgan fingerprint density at radius 2 is 1.93 bits per heavy atom. The van der Waals surface area contributed by atoms with E-state index in [1.807, 2.05) is 39.0 Å². The van der Waals surface area contributed by atoms with Crippen LogP contribution in [0.25, 0.3) is 10.2 Å². The number of benzene rings is 2. The zero-order valence-electron chi connectivity index (χ0n) is 16.2. The first-order valence-corrected chi connectivity index (χ1v) is 11.4. The summed E-state index contributed by atoms with van der Waals surface area (Å²) in [5.74, 6) is 0.752. The first kappa shape index (κ1) is 20.6. The number of hydrogen-bond acceptors (Lipinski definition) is 5. The summed E-state index contributed by atoms with van der Waals surface area (Å²) in [5, 5.41) is 0. The Balaban J connectivity index is 1.69. The Morgan fingerprint density at radius 3 is 2.68 bits per heavy atom. The number of aromatic nitrogens is 1. The van der Waals surface area contributed by atoms with Crippen LogP contribution >= 0.6 is 11.3 Å². The highest BCUT2D eigenvalue weighted by Gasteiger charge is 2.16. The topological polar surface area (TPSA) is 77.4 Å². The molecule has 0 fully saturated rings. The zero-order chi connectivity index (χ0) is 20.3. The molecule has 0 aliphatic carbocycles. The van der Waals surface area contributed by atoms with E-state index in [1.54, 1.807) is 16.7 Å². The van der Waals surface area contributed by atoms with E-state index in [0.29, 0.717) is 11.2 Å². The number of aryl methyl sites for hydroxylation is 3. The molecule has 150 valence electrons. The molecule has 28 heavy (non-hydrogen) atoms. The van der Waals surface area contributed by atoms with E-state index in [4.69, 9.17) is 4.74 Å². The molecule has 3 rings (SSSR count). The van der Waals surface area contributed by atoms with Crippen molar-refractivity contribution in [2.75, 3.05) is 13.2 Å². The molecule has 0 aliphatic heterocycles. The third-order valence-electron chi connectivity index (χ3n) is 4.39. The molecule has 6 nitrogen and oxygen atoms in total. The summed E-state index contributed by atoms with van der Waals surface area (Å²) >= 11 is 1.07. The van der Waals surface area contributed by atoms with Crippen molar-refractivity contribution in [1.29, 1.82) is 0 Å². The Bertz CT molecular complexity index is 1150. The third kappa shape index (κ3) is 4.45. The fourth-order valence-electron chi connectivity index (χ4n) is 2.93.